The zero-order valence-corrected chi connectivity index (χ0v) is 11.0. The number of ether oxygens (including phenoxy) is 1. The Balaban J connectivity index is 1.95. The Morgan fingerprint density at radius 2 is 1.89 bits per heavy atom. The average molecular weight is 258 g/mol. The largest absolute Gasteiger partial charge is 0.477 e. The topological polar surface area (TPSA) is 73.1 Å². The molecule has 0 spiro atoms. The van der Waals surface area contributed by atoms with Crippen molar-refractivity contribution in [2.75, 3.05) is 11.9 Å². The summed E-state index contributed by atoms with van der Waals surface area (Å²) in [7, 11) is 0. The summed E-state index contributed by atoms with van der Waals surface area (Å²) in [5, 5.41) is 3.21. The summed E-state index contributed by atoms with van der Waals surface area (Å²) >= 11 is 0. The summed E-state index contributed by atoms with van der Waals surface area (Å²) < 4.78 is 5.30. The lowest BCUT2D eigenvalue weighted by molar-refractivity contribution is 0.325. The maximum atomic E-state index is 5.56. The number of hydrogen-bond acceptors (Lipinski definition) is 5. The van der Waals surface area contributed by atoms with Crippen molar-refractivity contribution in [2.45, 2.75) is 20.0 Å². The second-order valence-electron chi connectivity index (χ2n) is 4.05. The molecule has 0 atom stereocenters. The second kappa shape index (κ2) is 6.70. The second-order valence-corrected chi connectivity index (χ2v) is 4.05. The maximum Gasteiger partial charge on any atom is 0.234 e. The van der Waals surface area contributed by atoms with Crippen LogP contribution in [-0.2, 0) is 13.1 Å². The van der Waals surface area contributed by atoms with Crippen molar-refractivity contribution < 1.29 is 4.74 Å². The minimum absolute atomic E-state index is 0.533. The predicted molar refractivity (Wildman–Crippen MR) is 74.9 cm³/mol. The lowest BCUT2D eigenvalue weighted by Gasteiger charge is -2.07. The summed E-state index contributed by atoms with van der Waals surface area (Å²) in [4.78, 5) is 8.37. The molecule has 1 heterocycles. The number of rotatable bonds is 6. The standard InChI is InChI=1S/C14H18N4O/c1-2-19-14-10-16-9-13(18-14)17-8-12-5-3-11(7-15)4-6-12/h3-6,9-10H,2,7-8,15H2,1H3,(H,17,18). The summed E-state index contributed by atoms with van der Waals surface area (Å²) in [5.74, 6) is 1.24. The van der Waals surface area contributed by atoms with Crippen LogP contribution in [0, 0.1) is 0 Å². The highest BCUT2D eigenvalue weighted by Crippen LogP contribution is 2.11. The van der Waals surface area contributed by atoms with E-state index in [2.05, 4.69) is 27.4 Å². The molecule has 0 unspecified atom stereocenters. The third-order valence-corrected chi connectivity index (χ3v) is 2.64. The highest BCUT2D eigenvalue weighted by molar-refractivity contribution is 5.35. The van der Waals surface area contributed by atoms with Crippen LogP contribution in [0.25, 0.3) is 0 Å². The molecule has 0 radical (unpaired) electrons. The minimum atomic E-state index is 0.533. The van der Waals surface area contributed by atoms with E-state index in [0.29, 0.717) is 31.4 Å². The van der Waals surface area contributed by atoms with Gasteiger partial charge in [0, 0.05) is 13.1 Å². The molecule has 0 amide bonds. The van der Waals surface area contributed by atoms with Gasteiger partial charge in [0.2, 0.25) is 5.88 Å². The van der Waals surface area contributed by atoms with Gasteiger partial charge in [0.1, 0.15) is 5.82 Å². The molecular weight excluding hydrogens is 240 g/mol. The first-order valence-electron chi connectivity index (χ1n) is 6.28. The molecule has 3 N–H and O–H groups in total. The zero-order chi connectivity index (χ0) is 13.5. The molecule has 0 aliphatic rings. The molecule has 5 heteroatoms. The van der Waals surface area contributed by atoms with Crippen LogP contribution < -0.4 is 15.8 Å². The van der Waals surface area contributed by atoms with Crippen LogP contribution >= 0.6 is 0 Å². The molecule has 1 aromatic heterocycles. The molecule has 1 aromatic carbocycles. The third kappa shape index (κ3) is 3.93. The van der Waals surface area contributed by atoms with Crippen LogP contribution in [0.4, 0.5) is 5.82 Å². The third-order valence-electron chi connectivity index (χ3n) is 2.64. The highest BCUT2D eigenvalue weighted by Gasteiger charge is 1.99. The van der Waals surface area contributed by atoms with Crippen LogP contribution in [0.2, 0.25) is 0 Å². The molecule has 2 rings (SSSR count). The van der Waals surface area contributed by atoms with Gasteiger partial charge in [-0.3, -0.25) is 4.98 Å². The molecule has 0 saturated carbocycles. The van der Waals surface area contributed by atoms with Gasteiger partial charge in [-0.15, -0.1) is 0 Å². The van der Waals surface area contributed by atoms with E-state index in [1.165, 1.54) is 5.56 Å². The van der Waals surface area contributed by atoms with Crippen molar-refractivity contribution in [3.8, 4) is 5.88 Å². The summed E-state index contributed by atoms with van der Waals surface area (Å²) in [5.41, 5.74) is 7.86. The van der Waals surface area contributed by atoms with E-state index in [9.17, 15) is 0 Å². The Kier molecular flexibility index (Phi) is 4.69. The molecular formula is C14H18N4O. The number of nitrogens with two attached hydrogens (primary N) is 1. The van der Waals surface area contributed by atoms with Gasteiger partial charge in [0.05, 0.1) is 19.0 Å². The van der Waals surface area contributed by atoms with Crippen molar-refractivity contribution in [2.24, 2.45) is 5.73 Å². The van der Waals surface area contributed by atoms with Crippen molar-refractivity contribution >= 4 is 5.82 Å². The van der Waals surface area contributed by atoms with Crippen molar-refractivity contribution in [1.82, 2.24) is 9.97 Å². The van der Waals surface area contributed by atoms with Crippen LogP contribution in [0.1, 0.15) is 18.1 Å². The van der Waals surface area contributed by atoms with Crippen LogP contribution in [-0.4, -0.2) is 16.6 Å². The number of aromatic nitrogens is 2. The van der Waals surface area contributed by atoms with Gasteiger partial charge in [0.25, 0.3) is 0 Å². The zero-order valence-electron chi connectivity index (χ0n) is 11.0. The molecule has 100 valence electrons. The summed E-state index contributed by atoms with van der Waals surface area (Å²) in [6.07, 6.45) is 3.28. The van der Waals surface area contributed by atoms with Gasteiger partial charge in [-0.2, -0.15) is 4.98 Å². The first-order valence-corrected chi connectivity index (χ1v) is 6.28. The molecule has 0 fully saturated rings. The number of hydrogen-bond donors (Lipinski definition) is 2. The van der Waals surface area contributed by atoms with Crippen LogP contribution in [0.5, 0.6) is 5.88 Å². The Morgan fingerprint density at radius 1 is 1.16 bits per heavy atom. The maximum absolute atomic E-state index is 5.56. The van der Waals surface area contributed by atoms with Crippen LogP contribution in [0.3, 0.4) is 0 Å². The Morgan fingerprint density at radius 3 is 2.58 bits per heavy atom. The summed E-state index contributed by atoms with van der Waals surface area (Å²) in [6, 6.07) is 8.16. The SMILES string of the molecule is CCOc1cncc(NCc2ccc(CN)cc2)n1. The van der Waals surface area contributed by atoms with E-state index in [0.717, 1.165) is 5.56 Å². The van der Waals surface area contributed by atoms with Crippen molar-refractivity contribution in [3.63, 3.8) is 0 Å². The van der Waals surface area contributed by atoms with Gasteiger partial charge in [-0.05, 0) is 18.1 Å². The van der Waals surface area contributed by atoms with Crippen LogP contribution in [0.15, 0.2) is 36.7 Å². The molecule has 0 aliphatic heterocycles. The lowest BCUT2D eigenvalue weighted by Crippen LogP contribution is -2.04. The van der Waals surface area contributed by atoms with E-state index in [4.69, 9.17) is 10.5 Å². The van der Waals surface area contributed by atoms with Crippen molar-refractivity contribution in [3.05, 3.63) is 47.8 Å². The van der Waals surface area contributed by atoms with Gasteiger partial charge in [-0.25, -0.2) is 0 Å². The fraction of sp³-hybridized carbons (Fsp3) is 0.286. The smallest absolute Gasteiger partial charge is 0.234 e. The van der Waals surface area contributed by atoms with E-state index in [1.807, 2.05) is 19.1 Å². The van der Waals surface area contributed by atoms with Gasteiger partial charge in [-0.1, -0.05) is 24.3 Å². The number of nitrogens with one attached hydrogen (secondary N) is 1. The number of nitrogens with zero attached hydrogens (tertiary/aromatic N) is 2. The minimum Gasteiger partial charge on any atom is -0.477 e. The lowest BCUT2D eigenvalue weighted by atomic mass is 10.1. The highest BCUT2D eigenvalue weighted by atomic mass is 16.5. The molecule has 0 aliphatic carbocycles. The van der Waals surface area contributed by atoms with Gasteiger partial charge >= 0.3 is 0 Å². The van der Waals surface area contributed by atoms with E-state index < -0.39 is 0 Å². The van der Waals surface area contributed by atoms with E-state index in [1.54, 1.807) is 12.4 Å². The Labute approximate surface area is 112 Å². The molecule has 0 saturated heterocycles. The molecule has 5 nitrogen and oxygen atoms in total. The monoisotopic (exact) mass is 258 g/mol. The quantitative estimate of drug-likeness (QED) is 0.828. The first-order chi connectivity index (χ1) is 9.31. The molecule has 0 bridgehead atoms. The fourth-order valence-corrected chi connectivity index (χ4v) is 1.64. The van der Waals surface area contributed by atoms with E-state index >= 15 is 0 Å². The van der Waals surface area contributed by atoms with Gasteiger partial charge < -0.3 is 15.8 Å². The van der Waals surface area contributed by atoms with Gasteiger partial charge in [0.15, 0.2) is 0 Å². The normalized spacial score (nSPS) is 10.2. The van der Waals surface area contributed by atoms with E-state index in [-0.39, 0.29) is 0 Å². The number of benzene rings is 1. The Hall–Kier alpha value is -2.14. The van der Waals surface area contributed by atoms with Crippen molar-refractivity contribution in [1.29, 1.82) is 0 Å². The average Bonchev–Trinajstić information content (AvgIpc) is 2.46. The molecule has 2 aromatic rings. The fourth-order valence-electron chi connectivity index (χ4n) is 1.64. The first kappa shape index (κ1) is 13.3. The number of anilines is 1. The molecule has 19 heavy (non-hydrogen) atoms. The Bertz CT molecular complexity index is 513. The summed E-state index contributed by atoms with van der Waals surface area (Å²) in [6.45, 7) is 3.75. The predicted octanol–water partition coefficient (Wildman–Crippen LogP) is 1.95.